The Morgan fingerprint density at radius 3 is 2.88 bits per heavy atom. The Morgan fingerprint density at radius 2 is 2.21 bits per heavy atom. The second-order valence-corrected chi connectivity index (χ2v) is 5.68. The highest BCUT2D eigenvalue weighted by molar-refractivity contribution is 5.91. The molecule has 0 aliphatic rings. The van der Waals surface area contributed by atoms with E-state index < -0.39 is 5.97 Å². The molecule has 122 valence electrons. The molecular formula is C18H17N3O3. The molecule has 3 rings (SSSR count). The standard InChI is InChI=1S/C18H17N3O3/c1-4-23-18(22)15-8-17(24-20-15)12-5-6-16-14(7-12)13(9-19)10-21(16)11(2)3/h5-8,10-11H,4H2,1-3H3. The number of fused-ring (bicyclic) bond motifs is 1. The molecular weight excluding hydrogens is 306 g/mol. The van der Waals surface area contributed by atoms with Gasteiger partial charge in [0, 0.05) is 34.8 Å². The maximum Gasteiger partial charge on any atom is 0.360 e. The molecule has 24 heavy (non-hydrogen) atoms. The lowest BCUT2D eigenvalue weighted by molar-refractivity contribution is 0.0514. The minimum Gasteiger partial charge on any atom is -0.461 e. The van der Waals surface area contributed by atoms with E-state index in [-0.39, 0.29) is 18.3 Å². The largest absolute Gasteiger partial charge is 0.461 e. The number of ether oxygens (including phenoxy) is 1. The van der Waals surface area contributed by atoms with Crippen molar-refractivity contribution in [3.63, 3.8) is 0 Å². The Bertz CT molecular complexity index is 944. The van der Waals surface area contributed by atoms with Gasteiger partial charge in [0.1, 0.15) is 6.07 Å². The Balaban J connectivity index is 2.06. The quantitative estimate of drug-likeness (QED) is 0.680. The predicted octanol–water partition coefficient (Wildman–Crippen LogP) is 3.93. The molecule has 6 heteroatoms. The third-order valence-corrected chi connectivity index (χ3v) is 3.79. The molecule has 0 aliphatic carbocycles. The van der Waals surface area contributed by atoms with Crippen molar-refractivity contribution in [1.82, 2.24) is 9.72 Å². The first kappa shape index (κ1) is 15.8. The Labute approximate surface area is 139 Å². The molecule has 6 nitrogen and oxygen atoms in total. The molecule has 0 atom stereocenters. The molecule has 2 aromatic heterocycles. The molecule has 0 spiro atoms. The number of carbonyl (C=O) groups excluding carboxylic acids is 1. The minimum absolute atomic E-state index is 0.132. The summed E-state index contributed by atoms with van der Waals surface area (Å²) in [5, 5.41) is 14.0. The molecule has 0 unspecified atom stereocenters. The Hall–Kier alpha value is -3.07. The third-order valence-electron chi connectivity index (χ3n) is 3.79. The average Bonchev–Trinajstić information content (AvgIpc) is 3.19. The maximum absolute atomic E-state index is 11.7. The van der Waals surface area contributed by atoms with E-state index in [1.807, 2.05) is 24.4 Å². The number of nitriles is 1. The van der Waals surface area contributed by atoms with Crippen LogP contribution in [0.4, 0.5) is 0 Å². The van der Waals surface area contributed by atoms with Gasteiger partial charge in [-0.2, -0.15) is 5.26 Å². The van der Waals surface area contributed by atoms with Crippen molar-refractivity contribution in [1.29, 1.82) is 5.26 Å². The summed E-state index contributed by atoms with van der Waals surface area (Å²) in [4.78, 5) is 11.7. The summed E-state index contributed by atoms with van der Waals surface area (Å²) in [7, 11) is 0. The lowest BCUT2D eigenvalue weighted by atomic mass is 10.1. The van der Waals surface area contributed by atoms with Gasteiger partial charge in [-0.15, -0.1) is 0 Å². The van der Waals surface area contributed by atoms with Crippen LogP contribution in [0.25, 0.3) is 22.2 Å². The van der Waals surface area contributed by atoms with Crippen molar-refractivity contribution in [3.8, 4) is 17.4 Å². The van der Waals surface area contributed by atoms with Gasteiger partial charge in [0.05, 0.1) is 12.2 Å². The molecule has 2 heterocycles. The molecule has 0 amide bonds. The van der Waals surface area contributed by atoms with Crippen molar-refractivity contribution in [2.45, 2.75) is 26.8 Å². The van der Waals surface area contributed by atoms with Crippen molar-refractivity contribution in [2.75, 3.05) is 6.61 Å². The number of hydrogen-bond acceptors (Lipinski definition) is 5. The number of esters is 1. The van der Waals surface area contributed by atoms with E-state index in [2.05, 4.69) is 29.6 Å². The molecule has 0 aliphatic heterocycles. The highest BCUT2D eigenvalue weighted by Crippen LogP contribution is 2.30. The number of benzene rings is 1. The lowest BCUT2D eigenvalue weighted by Gasteiger charge is -2.08. The summed E-state index contributed by atoms with van der Waals surface area (Å²) in [5.74, 6) is -0.0570. The van der Waals surface area contributed by atoms with Crippen molar-refractivity contribution in [3.05, 3.63) is 41.7 Å². The summed E-state index contributed by atoms with van der Waals surface area (Å²) in [6.07, 6.45) is 1.85. The van der Waals surface area contributed by atoms with E-state index in [0.29, 0.717) is 11.3 Å². The fourth-order valence-electron chi connectivity index (χ4n) is 2.64. The molecule has 1 aromatic carbocycles. The molecule has 3 aromatic rings. The van der Waals surface area contributed by atoms with Crippen molar-refractivity contribution < 1.29 is 14.1 Å². The second kappa shape index (κ2) is 6.20. The van der Waals surface area contributed by atoms with Crippen LogP contribution in [0, 0.1) is 11.3 Å². The van der Waals surface area contributed by atoms with Crippen LogP contribution in [0.2, 0.25) is 0 Å². The first-order chi connectivity index (χ1) is 11.5. The van der Waals surface area contributed by atoms with E-state index in [9.17, 15) is 10.1 Å². The van der Waals surface area contributed by atoms with Crippen molar-refractivity contribution in [2.24, 2.45) is 0 Å². The Morgan fingerprint density at radius 1 is 1.42 bits per heavy atom. The molecule has 0 radical (unpaired) electrons. The number of rotatable bonds is 4. The van der Waals surface area contributed by atoms with Gasteiger partial charge in [-0.25, -0.2) is 4.79 Å². The van der Waals surface area contributed by atoms with Crippen LogP contribution in [0.15, 0.2) is 35.0 Å². The zero-order valence-electron chi connectivity index (χ0n) is 13.7. The minimum atomic E-state index is -0.516. The second-order valence-electron chi connectivity index (χ2n) is 5.68. The fourth-order valence-corrected chi connectivity index (χ4v) is 2.64. The van der Waals surface area contributed by atoms with Crippen LogP contribution < -0.4 is 0 Å². The van der Waals surface area contributed by atoms with Gasteiger partial charge in [-0.3, -0.25) is 0 Å². The van der Waals surface area contributed by atoms with Gasteiger partial charge < -0.3 is 13.8 Å². The molecule has 0 saturated carbocycles. The topological polar surface area (TPSA) is 81.0 Å². The summed E-state index contributed by atoms with van der Waals surface area (Å²) in [5.41, 5.74) is 2.47. The predicted molar refractivity (Wildman–Crippen MR) is 88.5 cm³/mol. The van der Waals surface area contributed by atoms with E-state index >= 15 is 0 Å². The molecule has 0 bridgehead atoms. The normalized spacial score (nSPS) is 11.0. The van der Waals surface area contributed by atoms with Gasteiger partial charge in [0.15, 0.2) is 11.5 Å². The summed E-state index contributed by atoms with van der Waals surface area (Å²) in [6.45, 7) is 6.14. The van der Waals surface area contributed by atoms with E-state index in [4.69, 9.17) is 9.26 Å². The SMILES string of the molecule is CCOC(=O)c1cc(-c2ccc3c(c2)c(C#N)cn3C(C)C)on1. The van der Waals surface area contributed by atoms with Crippen LogP contribution in [-0.4, -0.2) is 22.3 Å². The van der Waals surface area contributed by atoms with E-state index in [0.717, 1.165) is 16.5 Å². The van der Waals surface area contributed by atoms with Gasteiger partial charge in [0.25, 0.3) is 0 Å². The van der Waals surface area contributed by atoms with Crippen LogP contribution in [0.5, 0.6) is 0 Å². The monoisotopic (exact) mass is 323 g/mol. The molecule has 0 saturated heterocycles. The highest BCUT2D eigenvalue weighted by Gasteiger charge is 2.16. The number of hydrogen-bond donors (Lipinski definition) is 0. The van der Waals surface area contributed by atoms with Gasteiger partial charge in [-0.05, 0) is 39.0 Å². The van der Waals surface area contributed by atoms with Crippen LogP contribution in [0.1, 0.15) is 42.9 Å². The zero-order chi connectivity index (χ0) is 17.3. The third kappa shape index (κ3) is 2.65. The number of nitrogens with zero attached hydrogens (tertiary/aromatic N) is 3. The zero-order valence-corrected chi connectivity index (χ0v) is 13.7. The molecule has 0 fully saturated rings. The van der Waals surface area contributed by atoms with Crippen LogP contribution >= 0.6 is 0 Å². The van der Waals surface area contributed by atoms with Crippen LogP contribution in [-0.2, 0) is 4.74 Å². The summed E-state index contributed by atoms with van der Waals surface area (Å²) < 4.78 is 12.2. The first-order valence-corrected chi connectivity index (χ1v) is 7.74. The number of aromatic nitrogens is 2. The number of carbonyl (C=O) groups is 1. The fraction of sp³-hybridized carbons (Fsp3) is 0.278. The molecule has 0 N–H and O–H groups in total. The van der Waals surface area contributed by atoms with E-state index in [1.54, 1.807) is 13.0 Å². The summed E-state index contributed by atoms with van der Waals surface area (Å²) >= 11 is 0. The van der Waals surface area contributed by atoms with Gasteiger partial charge in [-0.1, -0.05) is 5.16 Å². The van der Waals surface area contributed by atoms with Gasteiger partial charge >= 0.3 is 5.97 Å². The first-order valence-electron chi connectivity index (χ1n) is 7.74. The maximum atomic E-state index is 11.7. The average molecular weight is 323 g/mol. The highest BCUT2D eigenvalue weighted by atomic mass is 16.5. The van der Waals surface area contributed by atoms with Crippen LogP contribution in [0.3, 0.4) is 0 Å². The van der Waals surface area contributed by atoms with Crippen molar-refractivity contribution >= 4 is 16.9 Å². The van der Waals surface area contributed by atoms with E-state index in [1.165, 1.54) is 0 Å². The Kier molecular flexibility index (Phi) is 4.09. The summed E-state index contributed by atoms with van der Waals surface area (Å²) in [6, 6.07) is 9.73. The lowest BCUT2D eigenvalue weighted by Crippen LogP contribution is -2.04. The van der Waals surface area contributed by atoms with Gasteiger partial charge in [0.2, 0.25) is 0 Å². The smallest absolute Gasteiger partial charge is 0.360 e.